The molecule has 2 aromatic carbocycles. The minimum atomic E-state index is -1.31. The summed E-state index contributed by atoms with van der Waals surface area (Å²) in [5.74, 6) is -0.758. The second-order valence-electron chi connectivity index (χ2n) is 5.43. The standard InChI is InChI=1S/C19H20ClNO5/c1-2-25-18(23)16(17(22)14-8-10-15(20)11-9-14)21-19(24)26-12-13-6-4-3-5-7-13/h3-11,16-17,22H,2,12H2,1H3,(H,21,24)/t16-,17+/m0/s1. The van der Waals surface area contributed by atoms with E-state index in [9.17, 15) is 14.7 Å². The van der Waals surface area contributed by atoms with E-state index >= 15 is 0 Å². The first-order chi connectivity index (χ1) is 12.5. The number of halogens is 1. The zero-order chi connectivity index (χ0) is 18.9. The molecule has 138 valence electrons. The second kappa shape index (κ2) is 9.79. The number of ether oxygens (including phenoxy) is 2. The summed E-state index contributed by atoms with van der Waals surface area (Å²) < 4.78 is 10.0. The molecule has 2 aromatic rings. The summed E-state index contributed by atoms with van der Waals surface area (Å²) >= 11 is 5.83. The molecule has 0 saturated heterocycles. The van der Waals surface area contributed by atoms with Gasteiger partial charge in [-0.05, 0) is 30.2 Å². The van der Waals surface area contributed by atoms with Crippen LogP contribution in [0.2, 0.25) is 5.02 Å². The molecule has 0 fully saturated rings. The molecule has 0 aliphatic heterocycles. The lowest BCUT2D eigenvalue weighted by molar-refractivity contribution is -0.148. The number of rotatable bonds is 7. The number of benzene rings is 2. The SMILES string of the molecule is CCOC(=O)[C@@H](NC(=O)OCc1ccccc1)[C@H](O)c1ccc(Cl)cc1. The fraction of sp³-hybridized carbons (Fsp3) is 0.263. The van der Waals surface area contributed by atoms with Gasteiger partial charge in [-0.25, -0.2) is 9.59 Å². The van der Waals surface area contributed by atoms with Crippen molar-refractivity contribution in [2.24, 2.45) is 0 Å². The van der Waals surface area contributed by atoms with Crippen molar-refractivity contribution in [2.75, 3.05) is 6.61 Å². The Balaban J connectivity index is 2.05. The number of hydrogen-bond acceptors (Lipinski definition) is 5. The maximum absolute atomic E-state index is 12.2. The predicted molar refractivity (Wildman–Crippen MR) is 96.6 cm³/mol. The zero-order valence-corrected chi connectivity index (χ0v) is 15.0. The summed E-state index contributed by atoms with van der Waals surface area (Å²) in [7, 11) is 0. The fourth-order valence-electron chi connectivity index (χ4n) is 2.24. The smallest absolute Gasteiger partial charge is 0.408 e. The molecule has 0 aromatic heterocycles. The minimum Gasteiger partial charge on any atom is -0.464 e. The van der Waals surface area contributed by atoms with Crippen LogP contribution in [0.5, 0.6) is 0 Å². The number of nitrogens with one attached hydrogen (secondary N) is 1. The van der Waals surface area contributed by atoms with E-state index < -0.39 is 24.2 Å². The van der Waals surface area contributed by atoms with E-state index in [0.29, 0.717) is 10.6 Å². The number of carbonyl (C=O) groups is 2. The van der Waals surface area contributed by atoms with Crippen molar-refractivity contribution in [3.63, 3.8) is 0 Å². The molecule has 26 heavy (non-hydrogen) atoms. The lowest BCUT2D eigenvalue weighted by Gasteiger charge is -2.22. The summed E-state index contributed by atoms with van der Waals surface area (Å²) in [6.07, 6.45) is -2.14. The second-order valence-corrected chi connectivity index (χ2v) is 5.87. The van der Waals surface area contributed by atoms with Gasteiger partial charge in [0.05, 0.1) is 6.61 Å². The van der Waals surface area contributed by atoms with Crippen LogP contribution < -0.4 is 5.32 Å². The Morgan fingerprint density at radius 2 is 1.73 bits per heavy atom. The molecule has 1 amide bonds. The normalized spacial score (nSPS) is 12.7. The van der Waals surface area contributed by atoms with Gasteiger partial charge in [-0.3, -0.25) is 0 Å². The van der Waals surface area contributed by atoms with Crippen LogP contribution in [0, 0.1) is 0 Å². The molecule has 0 aliphatic rings. The van der Waals surface area contributed by atoms with Crippen molar-refractivity contribution in [2.45, 2.75) is 25.7 Å². The van der Waals surface area contributed by atoms with E-state index in [2.05, 4.69) is 5.32 Å². The lowest BCUT2D eigenvalue weighted by Crippen LogP contribution is -2.46. The van der Waals surface area contributed by atoms with Crippen molar-refractivity contribution in [1.29, 1.82) is 0 Å². The van der Waals surface area contributed by atoms with Gasteiger partial charge in [0, 0.05) is 5.02 Å². The van der Waals surface area contributed by atoms with E-state index in [-0.39, 0.29) is 13.2 Å². The summed E-state index contributed by atoms with van der Waals surface area (Å²) in [4.78, 5) is 24.2. The van der Waals surface area contributed by atoms with Gasteiger partial charge in [0.2, 0.25) is 0 Å². The van der Waals surface area contributed by atoms with Crippen molar-refractivity contribution >= 4 is 23.7 Å². The Bertz CT molecular complexity index is 720. The van der Waals surface area contributed by atoms with Crippen molar-refractivity contribution < 1.29 is 24.2 Å². The largest absolute Gasteiger partial charge is 0.464 e. The first kappa shape index (κ1) is 19.8. The van der Waals surface area contributed by atoms with Crippen LogP contribution >= 0.6 is 11.6 Å². The molecule has 2 atom stereocenters. The molecule has 7 heteroatoms. The fourth-order valence-corrected chi connectivity index (χ4v) is 2.37. The van der Waals surface area contributed by atoms with Crippen LogP contribution in [0.15, 0.2) is 54.6 Å². The van der Waals surface area contributed by atoms with Crippen LogP contribution in [0.3, 0.4) is 0 Å². The highest BCUT2D eigenvalue weighted by Gasteiger charge is 2.31. The Labute approximate surface area is 156 Å². The molecular formula is C19H20ClNO5. The van der Waals surface area contributed by atoms with Gasteiger partial charge in [0.25, 0.3) is 0 Å². The van der Waals surface area contributed by atoms with Gasteiger partial charge < -0.3 is 19.9 Å². The molecule has 0 bridgehead atoms. The number of amides is 1. The molecular weight excluding hydrogens is 358 g/mol. The van der Waals surface area contributed by atoms with E-state index in [1.165, 1.54) is 0 Å². The number of alkyl carbamates (subject to hydrolysis) is 1. The third kappa shape index (κ3) is 5.75. The zero-order valence-electron chi connectivity index (χ0n) is 14.2. The summed E-state index contributed by atoms with van der Waals surface area (Å²) in [6, 6.07) is 14.1. The number of aliphatic hydroxyl groups excluding tert-OH is 1. The minimum absolute atomic E-state index is 0.0409. The summed E-state index contributed by atoms with van der Waals surface area (Å²) in [5, 5.41) is 13.3. The van der Waals surface area contributed by atoms with Gasteiger partial charge in [-0.1, -0.05) is 54.1 Å². The molecule has 0 spiro atoms. The Hall–Kier alpha value is -2.57. The molecule has 6 nitrogen and oxygen atoms in total. The topological polar surface area (TPSA) is 84.9 Å². The molecule has 0 aliphatic carbocycles. The van der Waals surface area contributed by atoms with E-state index in [1.54, 1.807) is 43.3 Å². The van der Waals surface area contributed by atoms with Crippen LogP contribution in [0.4, 0.5) is 4.79 Å². The van der Waals surface area contributed by atoms with Crippen molar-refractivity contribution in [3.8, 4) is 0 Å². The molecule has 2 rings (SSSR count). The average molecular weight is 378 g/mol. The molecule has 0 saturated carbocycles. The first-order valence-corrected chi connectivity index (χ1v) is 8.46. The van der Waals surface area contributed by atoms with Gasteiger partial charge in [-0.15, -0.1) is 0 Å². The van der Waals surface area contributed by atoms with Crippen LogP contribution in [0.25, 0.3) is 0 Å². The molecule has 0 heterocycles. The van der Waals surface area contributed by atoms with Crippen molar-refractivity contribution in [1.82, 2.24) is 5.32 Å². The number of aliphatic hydroxyl groups is 1. The quantitative estimate of drug-likeness (QED) is 0.723. The lowest BCUT2D eigenvalue weighted by atomic mass is 10.0. The van der Waals surface area contributed by atoms with E-state index in [0.717, 1.165) is 5.56 Å². The monoisotopic (exact) mass is 377 g/mol. The van der Waals surface area contributed by atoms with Gasteiger partial charge in [-0.2, -0.15) is 0 Å². The highest BCUT2D eigenvalue weighted by Crippen LogP contribution is 2.20. The first-order valence-electron chi connectivity index (χ1n) is 8.08. The number of esters is 1. The molecule has 0 unspecified atom stereocenters. The third-order valence-electron chi connectivity index (χ3n) is 3.55. The number of carbonyl (C=O) groups excluding carboxylic acids is 2. The van der Waals surface area contributed by atoms with Gasteiger partial charge in [0.1, 0.15) is 12.7 Å². The summed E-state index contributed by atoms with van der Waals surface area (Å²) in [5.41, 5.74) is 1.21. The predicted octanol–water partition coefficient (Wildman–Crippen LogP) is 3.23. The maximum atomic E-state index is 12.2. The third-order valence-corrected chi connectivity index (χ3v) is 3.81. The molecule has 0 radical (unpaired) electrons. The van der Waals surface area contributed by atoms with Gasteiger partial charge in [0.15, 0.2) is 6.04 Å². The molecule has 2 N–H and O–H groups in total. The van der Waals surface area contributed by atoms with Crippen LogP contribution in [-0.2, 0) is 20.9 Å². The highest BCUT2D eigenvalue weighted by molar-refractivity contribution is 6.30. The highest BCUT2D eigenvalue weighted by atomic mass is 35.5. The van der Waals surface area contributed by atoms with Crippen molar-refractivity contribution in [3.05, 3.63) is 70.7 Å². The number of hydrogen-bond donors (Lipinski definition) is 2. The van der Waals surface area contributed by atoms with E-state index in [4.69, 9.17) is 21.1 Å². The Morgan fingerprint density at radius 1 is 1.08 bits per heavy atom. The summed E-state index contributed by atoms with van der Waals surface area (Å²) in [6.45, 7) is 1.79. The average Bonchev–Trinajstić information content (AvgIpc) is 2.65. The Morgan fingerprint density at radius 3 is 2.35 bits per heavy atom. The Kier molecular flexibility index (Phi) is 7.44. The van der Waals surface area contributed by atoms with E-state index in [1.807, 2.05) is 18.2 Å². The van der Waals surface area contributed by atoms with Crippen LogP contribution in [0.1, 0.15) is 24.2 Å². The van der Waals surface area contributed by atoms with Crippen LogP contribution in [-0.4, -0.2) is 29.8 Å². The van der Waals surface area contributed by atoms with Gasteiger partial charge >= 0.3 is 12.1 Å². The maximum Gasteiger partial charge on any atom is 0.408 e.